The van der Waals surface area contributed by atoms with Gasteiger partial charge in [0.15, 0.2) is 0 Å². The highest BCUT2D eigenvalue weighted by molar-refractivity contribution is 7.92. The molecular weight excluding hydrogens is 288 g/mol. The van der Waals surface area contributed by atoms with E-state index in [2.05, 4.69) is 10.8 Å². The van der Waals surface area contributed by atoms with Gasteiger partial charge in [-0.25, -0.2) is 0 Å². The minimum Gasteiger partial charge on any atom is -0.446 e. The number of sulfonamides is 1. The van der Waals surface area contributed by atoms with E-state index < -0.39 is 10.0 Å². The van der Waals surface area contributed by atoms with Crippen molar-refractivity contribution in [1.82, 2.24) is 0 Å². The standard InChI is InChI=1S/C15H18N2O3S/c16-10-12-8-9-15(20-12)21(18,19)17-14-7-3-5-11-4-1-2-6-13(11)14/h3,5,7-9,17H,1-2,4,6,10,16H2. The fourth-order valence-corrected chi connectivity index (χ4v) is 3.73. The molecule has 1 heterocycles. The first-order valence-corrected chi connectivity index (χ1v) is 8.51. The van der Waals surface area contributed by atoms with Gasteiger partial charge in [-0.2, -0.15) is 8.42 Å². The summed E-state index contributed by atoms with van der Waals surface area (Å²) in [4.78, 5) is 0. The van der Waals surface area contributed by atoms with Crippen molar-refractivity contribution in [3.05, 3.63) is 47.2 Å². The maximum Gasteiger partial charge on any atom is 0.295 e. The Morgan fingerprint density at radius 1 is 1.14 bits per heavy atom. The second-order valence-electron chi connectivity index (χ2n) is 5.18. The summed E-state index contributed by atoms with van der Waals surface area (Å²) in [7, 11) is -3.71. The molecule has 6 heteroatoms. The minimum absolute atomic E-state index is 0.101. The first kappa shape index (κ1) is 14.2. The van der Waals surface area contributed by atoms with Gasteiger partial charge < -0.3 is 10.2 Å². The van der Waals surface area contributed by atoms with Crippen molar-refractivity contribution in [2.24, 2.45) is 5.73 Å². The van der Waals surface area contributed by atoms with Crippen LogP contribution in [0.25, 0.3) is 0 Å². The lowest BCUT2D eigenvalue weighted by molar-refractivity contribution is 0.417. The van der Waals surface area contributed by atoms with E-state index in [1.165, 1.54) is 11.6 Å². The third kappa shape index (κ3) is 2.82. The van der Waals surface area contributed by atoms with E-state index in [-0.39, 0.29) is 11.6 Å². The Hall–Kier alpha value is -1.79. The minimum atomic E-state index is -3.71. The molecule has 2 aromatic rings. The van der Waals surface area contributed by atoms with E-state index in [1.54, 1.807) is 12.1 Å². The van der Waals surface area contributed by atoms with Gasteiger partial charge in [0, 0.05) is 0 Å². The van der Waals surface area contributed by atoms with E-state index >= 15 is 0 Å². The van der Waals surface area contributed by atoms with Crippen LogP contribution in [0.5, 0.6) is 0 Å². The number of nitrogens with two attached hydrogens (primary N) is 1. The van der Waals surface area contributed by atoms with Crippen molar-refractivity contribution < 1.29 is 12.8 Å². The average Bonchev–Trinajstić information content (AvgIpc) is 2.97. The molecule has 3 N–H and O–H groups in total. The summed E-state index contributed by atoms with van der Waals surface area (Å²) in [6.07, 6.45) is 4.15. The van der Waals surface area contributed by atoms with E-state index in [9.17, 15) is 8.42 Å². The van der Waals surface area contributed by atoms with Gasteiger partial charge >= 0.3 is 0 Å². The lowest BCUT2D eigenvalue weighted by Crippen LogP contribution is -2.15. The lowest BCUT2D eigenvalue weighted by atomic mass is 9.91. The summed E-state index contributed by atoms with van der Waals surface area (Å²) in [5, 5.41) is -0.101. The molecule has 0 bridgehead atoms. The molecule has 5 nitrogen and oxygen atoms in total. The molecule has 0 fully saturated rings. The van der Waals surface area contributed by atoms with Gasteiger partial charge in [-0.1, -0.05) is 12.1 Å². The van der Waals surface area contributed by atoms with Gasteiger partial charge in [0.05, 0.1) is 12.2 Å². The highest BCUT2D eigenvalue weighted by Gasteiger charge is 2.21. The van der Waals surface area contributed by atoms with E-state index in [1.807, 2.05) is 6.07 Å². The number of fused-ring (bicyclic) bond motifs is 1. The van der Waals surface area contributed by atoms with Gasteiger partial charge in [0.2, 0.25) is 5.09 Å². The summed E-state index contributed by atoms with van der Waals surface area (Å²) in [6.45, 7) is 0.177. The monoisotopic (exact) mass is 306 g/mol. The fourth-order valence-electron chi connectivity index (χ4n) is 2.68. The second kappa shape index (κ2) is 5.54. The van der Waals surface area contributed by atoms with E-state index in [0.717, 1.165) is 31.2 Å². The van der Waals surface area contributed by atoms with Crippen LogP contribution in [0.4, 0.5) is 5.69 Å². The SMILES string of the molecule is NCc1ccc(S(=O)(=O)Nc2cccc3c2CCCC3)o1. The van der Waals surface area contributed by atoms with Gasteiger partial charge in [-0.15, -0.1) is 0 Å². The number of hydrogen-bond acceptors (Lipinski definition) is 4. The molecule has 0 amide bonds. The summed E-state index contributed by atoms with van der Waals surface area (Å²) in [6, 6.07) is 8.75. The summed E-state index contributed by atoms with van der Waals surface area (Å²) in [5.74, 6) is 0.450. The Morgan fingerprint density at radius 2 is 1.95 bits per heavy atom. The number of hydrogen-bond donors (Lipinski definition) is 2. The molecule has 1 aliphatic carbocycles. The van der Waals surface area contributed by atoms with Crippen LogP contribution in [-0.4, -0.2) is 8.42 Å². The Balaban J connectivity index is 1.92. The smallest absolute Gasteiger partial charge is 0.295 e. The number of aryl methyl sites for hydroxylation is 1. The summed E-state index contributed by atoms with van der Waals surface area (Å²) in [5.41, 5.74) is 8.41. The third-order valence-electron chi connectivity index (χ3n) is 3.74. The quantitative estimate of drug-likeness (QED) is 0.908. The van der Waals surface area contributed by atoms with Crippen LogP contribution in [0.1, 0.15) is 29.7 Å². The van der Waals surface area contributed by atoms with Crippen molar-refractivity contribution >= 4 is 15.7 Å². The second-order valence-corrected chi connectivity index (χ2v) is 6.79. The number of rotatable bonds is 4. The van der Waals surface area contributed by atoms with Crippen LogP contribution in [0.2, 0.25) is 0 Å². The Labute approximate surface area is 124 Å². The zero-order chi connectivity index (χ0) is 14.9. The largest absolute Gasteiger partial charge is 0.446 e. The molecule has 1 aromatic carbocycles. The molecule has 112 valence electrons. The highest BCUT2D eigenvalue weighted by Crippen LogP contribution is 2.29. The molecule has 1 aliphatic rings. The number of anilines is 1. The zero-order valence-corrected chi connectivity index (χ0v) is 12.4. The molecular formula is C15H18N2O3S. The van der Waals surface area contributed by atoms with Gasteiger partial charge in [0.1, 0.15) is 5.76 Å². The first-order valence-electron chi connectivity index (χ1n) is 7.02. The van der Waals surface area contributed by atoms with Crippen LogP contribution in [-0.2, 0) is 29.4 Å². The van der Waals surface area contributed by atoms with Gasteiger partial charge in [-0.05, 0) is 55.0 Å². The Kier molecular flexibility index (Phi) is 3.73. The van der Waals surface area contributed by atoms with Gasteiger partial charge in [-0.3, -0.25) is 4.72 Å². The van der Waals surface area contributed by atoms with E-state index in [4.69, 9.17) is 10.2 Å². The van der Waals surface area contributed by atoms with Crippen LogP contribution in [0, 0.1) is 0 Å². The van der Waals surface area contributed by atoms with Crippen molar-refractivity contribution in [2.75, 3.05) is 4.72 Å². The fraction of sp³-hybridized carbons (Fsp3) is 0.333. The molecule has 0 saturated heterocycles. The Morgan fingerprint density at radius 3 is 2.71 bits per heavy atom. The molecule has 0 aliphatic heterocycles. The maximum absolute atomic E-state index is 12.4. The zero-order valence-electron chi connectivity index (χ0n) is 11.6. The van der Waals surface area contributed by atoms with Crippen LogP contribution in [0.15, 0.2) is 39.8 Å². The maximum atomic E-state index is 12.4. The molecule has 21 heavy (non-hydrogen) atoms. The molecule has 0 atom stereocenters. The predicted molar refractivity (Wildman–Crippen MR) is 80.5 cm³/mol. The van der Waals surface area contributed by atoms with Crippen LogP contribution >= 0.6 is 0 Å². The summed E-state index contributed by atoms with van der Waals surface area (Å²) >= 11 is 0. The first-order chi connectivity index (χ1) is 10.1. The molecule has 0 unspecified atom stereocenters. The van der Waals surface area contributed by atoms with Crippen LogP contribution in [0.3, 0.4) is 0 Å². The number of furan rings is 1. The van der Waals surface area contributed by atoms with E-state index in [0.29, 0.717) is 11.4 Å². The number of benzene rings is 1. The van der Waals surface area contributed by atoms with Crippen molar-refractivity contribution in [3.8, 4) is 0 Å². The van der Waals surface area contributed by atoms with Gasteiger partial charge in [0.25, 0.3) is 10.0 Å². The average molecular weight is 306 g/mol. The molecule has 0 radical (unpaired) electrons. The molecule has 3 rings (SSSR count). The topological polar surface area (TPSA) is 85.3 Å². The predicted octanol–water partition coefficient (Wildman–Crippen LogP) is 2.42. The lowest BCUT2D eigenvalue weighted by Gasteiger charge is -2.19. The number of nitrogens with one attached hydrogen (secondary N) is 1. The summed E-state index contributed by atoms with van der Waals surface area (Å²) < 4.78 is 32.6. The molecule has 0 spiro atoms. The third-order valence-corrected chi connectivity index (χ3v) is 4.98. The molecule has 0 saturated carbocycles. The van der Waals surface area contributed by atoms with Crippen molar-refractivity contribution in [3.63, 3.8) is 0 Å². The highest BCUT2D eigenvalue weighted by atomic mass is 32.2. The van der Waals surface area contributed by atoms with Crippen LogP contribution < -0.4 is 10.5 Å². The Bertz CT molecular complexity index is 750. The molecule has 1 aromatic heterocycles. The van der Waals surface area contributed by atoms with Crippen molar-refractivity contribution in [2.45, 2.75) is 37.3 Å². The van der Waals surface area contributed by atoms with Crippen molar-refractivity contribution in [1.29, 1.82) is 0 Å². The normalized spacial score (nSPS) is 14.7.